The Hall–Kier alpha value is -3.26. The van der Waals surface area contributed by atoms with E-state index in [1.807, 2.05) is 72.8 Å². The van der Waals surface area contributed by atoms with Gasteiger partial charge in [-0.3, -0.25) is 0 Å². The molecule has 5 heteroatoms. The molecule has 3 nitrogen and oxygen atoms in total. The van der Waals surface area contributed by atoms with Crippen molar-refractivity contribution in [1.29, 1.82) is 5.26 Å². The Kier molecular flexibility index (Phi) is 6.80. The molecule has 0 atom stereocenters. The number of halogens is 2. The van der Waals surface area contributed by atoms with Crippen LogP contribution in [-0.2, 0) is 6.61 Å². The molecule has 0 aromatic heterocycles. The molecular weight excluding hydrogens is 486 g/mol. The van der Waals surface area contributed by atoms with Crippen molar-refractivity contribution in [1.82, 2.24) is 0 Å². The smallest absolute Gasteiger partial charge is 0.180 e. The highest BCUT2D eigenvalue weighted by Crippen LogP contribution is 2.38. The maximum Gasteiger partial charge on any atom is 0.180 e. The average molecular weight is 505 g/mol. The van der Waals surface area contributed by atoms with Crippen LogP contribution >= 0.6 is 27.5 Å². The fraction of sp³-hybridized carbons (Fsp3) is 0.0741. The van der Waals surface area contributed by atoms with E-state index in [4.69, 9.17) is 21.1 Å². The lowest BCUT2D eigenvalue weighted by Crippen LogP contribution is -1.99. The molecule has 0 aliphatic carbocycles. The van der Waals surface area contributed by atoms with Crippen LogP contribution in [0.5, 0.6) is 11.5 Å². The van der Waals surface area contributed by atoms with Crippen LogP contribution in [0, 0.1) is 11.3 Å². The summed E-state index contributed by atoms with van der Waals surface area (Å²) in [6.45, 7) is 0.360. The van der Waals surface area contributed by atoms with Crippen molar-refractivity contribution in [3.05, 3.63) is 105 Å². The molecule has 4 aromatic rings. The molecule has 0 spiro atoms. The van der Waals surface area contributed by atoms with Gasteiger partial charge in [-0.25, -0.2) is 0 Å². The number of fused-ring (bicyclic) bond motifs is 1. The Morgan fingerprint density at radius 1 is 1.00 bits per heavy atom. The number of nitrogens with zero attached hydrogens (tertiary/aromatic N) is 1. The van der Waals surface area contributed by atoms with Crippen LogP contribution in [0.3, 0.4) is 0 Å². The van der Waals surface area contributed by atoms with Crippen LogP contribution < -0.4 is 9.47 Å². The zero-order valence-electron chi connectivity index (χ0n) is 17.3. The summed E-state index contributed by atoms with van der Waals surface area (Å²) in [5.41, 5.74) is 3.15. The SMILES string of the molecule is COc1cc(/C=C(/C#N)c2ccc3ccccc3c2)cc(Cl)c1OCc1ccc(Br)cc1. The highest BCUT2D eigenvalue weighted by Gasteiger charge is 2.13. The van der Waals surface area contributed by atoms with Gasteiger partial charge in [-0.05, 0) is 63.9 Å². The number of rotatable bonds is 6. The van der Waals surface area contributed by atoms with Gasteiger partial charge in [0.05, 0.1) is 23.8 Å². The quantitative estimate of drug-likeness (QED) is 0.198. The van der Waals surface area contributed by atoms with Crippen molar-refractivity contribution in [3.63, 3.8) is 0 Å². The first-order valence-electron chi connectivity index (χ1n) is 9.93. The van der Waals surface area contributed by atoms with Gasteiger partial charge in [0, 0.05) is 4.47 Å². The maximum absolute atomic E-state index is 9.78. The van der Waals surface area contributed by atoms with Crippen LogP contribution in [0.1, 0.15) is 16.7 Å². The lowest BCUT2D eigenvalue weighted by Gasteiger charge is -2.14. The van der Waals surface area contributed by atoms with Gasteiger partial charge in [0.25, 0.3) is 0 Å². The third-order valence-electron chi connectivity index (χ3n) is 5.04. The van der Waals surface area contributed by atoms with E-state index >= 15 is 0 Å². The topological polar surface area (TPSA) is 42.2 Å². The van der Waals surface area contributed by atoms with Gasteiger partial charge in [0.15, 0.2) is 11.5 Å². The van der Waals surface area contributed by atoms with Crippen LogP contribution in [0.25, 0.3) is 22.4 Å². The second-order valence-corrected chi connectivity index (χ2v) is 8.50. The van der Waals surface area contributed by atoms with E-state index in [-0.39, 0.29) is 0 Å². The molecule has 0 radical (unpaired) electrons. The van der Waals surface area contributed by atoms with Crippen LogP contribution in [0.2, 0.25) is 5.02 Å². The van der Waals surface area contributed by atoms with Crippen molar-refractivity contribution in [2.45, 2.75) is 6.61 Å². The molecule has 0 heterocycles. The van der Waals surface area contributed by atoms with Crippen LogP contribution in [0.15, 0.2) is 83.3 Å². The standard InChI is InChI=1S/C27H19BrClNO2/c1-31-26-14-19(13-25(29)27(26)32-17-18-6-10-24(28)11-7-18)12-23(16-30)22-9-8-20-4-2-3-5-21(20)15-22/h2-15H,17H2,1H3/b23-12-. The van der Waals surface area contributed by atoms with E-state index in [2.05, 4.69) is 22.0 Å². The molecule has 0 fully saturated rings. The summed E-state index contributed by atoms with van der Waals surface area (Å²) in [4.78, 5) is 0. The van der Waals surface area contributed by atoms with Crippen molar-refractivity contribution < 1.29 is 9.47 Å². The van der Waals surface area contributed by atoms with Crippen molar-refractivity contribution in [2.24, 2.45) is 0 Å². The molecule has 0 bridgehead atoms. The Morgan fingerprint density at radius 3 is 2.47 bits per heavy atom. The lowest BCUT2D eigenvalue weighted by atomic mass is 10.00. The van der Waals surface area contributed by atoms with E-state index in [0.717, 1.165) is 31.9 Å². The molecule has 0 saturated carbocycles. The van der Waals surface area contributed by atoms with Gasteiger partial charge < -0.3 is 9.47 Å². The first-order valence-corrected chi connectivity index (χ1v) is 11.1. The van der Waals surface area contributed by atoms with Crippen LogP contribution in [0.4, 0.5) is 0 Å². The monoisotopic (exact) mass is 503 g/mol. The number of nitriles is 1. The first kappa shape index (κ1) is 22.0. The summed E-state index contributed by atoms with van der Waals surface area (Å²) < 4.78 is 12.5. The average Bonchev–Trinajstić information content (AvgIpc) is 2.82. The number of ether oxygens (including phenoxy) is 2. The number of benzene rings is 4. The zero-order chi connectivity index (χ0) is 22.5. The third-order valence-corrected chi connectivity index (χ3v) is 5.85. The maximum atomic E-state index is 9.78. The molecule has 0 aliphatic heterocycles. The number of hydrogen-bond donors (Lipinski definition) is 0. The summed E-state index contributed by atoms with van der Waals surface area (Å²) in [5.74, 6) is 0.982. The predicted molar refractivity (Wildman–Crippen MR) is 134 cm³/mol. The highest BCUT2D eigenvalue weighted by molar-refractivity contribution is 9.10. The van der Waals surface area contributed by atoms with E-state index in [1.54, 1.807) is 19.3 Å². The van der Waals surface area contributed by atoms with Crippen molar-refractivity contribution in [3.8, 4) is 17.6 Å². The van der Waals surface area contributed by atoms with Crippen molar-refractivity contribution >= 4 is 50.0 Å². The molecule has 4 rings (SSSR count). The second-order valence-electron chi connectivity index (χ2n) is 7.18. The van der Waals surface area contributed by atoms with E-state index in [0.29, 0.717) is 28.7 Å². The molecule has 0 unspecified atom stereocenters. The number of methoxy groups -OCH3 is 1. The van der Waals surface area contributed by atoms with Gasteiger partial charge in [-0.15, -0.1) is 0 Å². The largest absolute Gasteiger partial charge is 0.493 e. The van der Waals surface area contributed by atoms with Gasteiger partial charge in [-0.2, -0.15) is 5.26 Å². The molecule has 158 valence electrons. The highest BCUT2D eigenvalue weighted by atomic mass is 79.9. The van der Waals surface area contributed by atoms with Gasteiger partial charge in [0.2, 0.25) is 0 Å². The minimum atomic E-state index is 0.360. The van der Waals surface area contributed by atoms with E-state index in [9.17, 15) is 5.26 Å². The molecule has 0 amide bonds. The third kappa shape index (κ3) is 4.96. The van der Waals surface area contributed by atoms with Gasteiger partial charge in [0.1, 0.15) is 6.61 Å². The molecule has 0 saturated heterocycles. The molecular formula is C27H19BrClNO2. The first-order chi connectivity index (χ1) is 15.6. The Morgan fingerprint density at radius 2 is 1.75 bits per heavy atom. The fourth-order valence-electron chi connectivity index (χ4n) is 3.40. The fourth-order valence-corrected chi connectivity index (χ4v) is 3.94. The Balaban J connectivity index is 1.63. The molecule has 0 aliphatic rings. The summed E-state index contributed by atoms with van der Waals surface area (Å²) in [6.07, 6.45) is 1.80. The van der Waals surface area contributed by atoms with Gasteiger partial charge in [-0.1, -0.05) is 76.1 Å². The molecule has 0 N–H and O–H groups in total. The normalized spacial score (nSPS) is 11.2. The minimum absolute atomic E-state index is 0.360. The predicted octanol–water partition coefficient (Wildman–Crippen LogP) is 7.91. The minimum Gasteiger partial charge on any atom is -0.493 e. The zero-order valence-corrected chi connectivity index (χ0v) is 19.7. The van der Waals surface area contributed by atoms with E-state index < -0.39 is 0 Å². The van der Waals surface area contributed by atoms with E-state index in [1.165, 1.54) is 0 Å². The van der Waals surface area contributed by atoms with Gasteiger partial charge >= 0.3 is 0 Å². The molecule has 32 heavy (non-hydrogen) atoms. The second kappa shape index (κ2) is 9.91. The van der Waals surface area contributed by atoms with Crippen molar-refractivity contribution in [2.75, 3.05) is 7.11 Å². The Bertz CT molecular complexity index is 1340. The number of allylic oxidation sites excluding steroid dienone is 1. The summed E-state index contributed by atoms with van der Waals surface area (Å²) >= 11 is 9.96. The Labute approximate surface area is 200 Å². The van der Waals surface area contributed by atoms with Crippen LogP contribution in [-0.4, -0.2) is 7.11 Å². The summed E-state index contributed by atoms with van der Waals surface area (Å²) in [6, 6.07) is 27.8. The summed E-state index contributed by atoms with van der Waals surface area (Å²) in [7, 11) is 1.57. The summed E-state index contributed by atoms with van der Waals surface area (Å²) in [5, 5.41) is 12.4. The number of hydrogen-bond acceptors (Lipinski definition) is 3. The lowest BCUT2D eigenvalue weighted by molar-refractivity contribution is 0.284. The molecule has 4 aromatic carbocycles.